The molecule has 3 rings (SSSR count). The van der Waals surface area contributed by atoms with Crippen LogP contribution in [0.4, 0.5) is 0 Å². The first kappa shape index (κ1) is 13.3. The maximum absolute atomic E-state index is 12.5. The fourth-order valence-corrected chi connectivity index (χ4v) is 3.80. The molecule has 2 aromatic carbocycles. The maximum Gasteiger partial charge on any atom is 0.145 e. The fourth-order valence-electron chi connectivity index (χ4n) is 2.54. The van der Waals surface area contributed by atoms with Crippen LogP contribution >= 0.6 is 11.8 Å². The van der Waals surface area contributed by atoms with E-state index in [2.05, 4.69) is 12.1 Å². The third-order valence-electron chi connectivity index (χ3n) is 3.60. The molecule has 2 nitrogen and oxygen atoms in total. The second-order valence-electron chi connectivity index (χ2n) is 4.90. The number of hydrogen-bond acceptors (Lipinski definition) is 3. The molecule has 1 aliphatic rings. The molecule has 0 saturated carbocycles. The summed E-state index contributed by atoms with van der Waals surface area (Å²) in [6.07, 6.45) is 0.469. The van der Waals surface area contributed by atoms with Crippen LogP contribution in [0.3, 0.4) is 0 Å². The van der Waals surface area contributed by atoms with E-state index in [1.807, 2.05) is 36.4 Å². The minimum absolute atomic E-state index is 0.0300. The molecule has 0 amide bonds. The highest BCUT2D eigenvalue weighted by Crippen LogP contribution is 2.40. The van der Waals surface area contributed by atoms with E-state index in [0.29, 0.717) is 6.42 Å². The Morgan fingerprint density at radius 1 is 1.25 bits per heavy atom. The Bertz CT molecular complexity index is 636. The van der Waals surface area contributed by atoms with Crippen LogP contribution in [0.1, 0.15) is 17.0 Å². The summed E-state index contributed by atoms with van der Waals surface area (Å²) in [4.78, 5) is 13.8. The van der Waals surface area contributed by atoms with Crippen LogP contribution in [0.25, 0.3) is 0 Å². The van der Waals surface area contributed by atoms with Gasteiger partial charge in [0.05, 0.1) is 13.0 Å². The normalized spacial score (nSPS) is 16.8. The number of ether oxygens (including phenoxy) is 1. The zero-order valence-corrected chi connectivity index (χ0v) is 12.2. The molecule has 0 spiro atoms. The fraction of sp³-hybridized carbons (Fsp3) is 0.235. The summed E-state index contributed by atoms with van der Waals surface area (Å²) in [5.74, 6) is 1.98. The van der Waals surface area contributed by atoms with Crippen molar-refractivity contribution in [3.05, 3.63) is 59.7 Å². The van der Waals surface area contributed by atoms with E-state index in [0.717, 1.165) is 17.1 Å². The highest BCUT2D eigenvalue weighted by molar-refractivity contribution is 7.99. The Hall–Kier alpha value is -1.74. The smallest absolute Gasteiger partial charge is 0.145 e. The van der Waals surface area contributed by atoms with Crippen molar-refractivity contribution in [2.75, 3.05) is 12.9 Å². The number of fused-ring (bicyclic) bond motifs is 1. The van der Waals surface area contributed by atoms with Crippen LogP contribution in [0.15, 0.2) is 53.4 Å². The second kappa shape index (κ2) is 5.71. The van der Waals surface area contributed by atoms with Crippen molar-refractivity contribution in [2.45, 2.75) is 17.2 Å². The van der Waals surface area contributed by atoms with E-state index >= 15 is 0 Å². The first-order chi connectivity index (χ1) is 9.78. The largest absolute Gasteiger partial charge is 0.497 e. The van der Waals surface area contributed by atoms with E-state index in [1.54, 1.807) is 18.9 Å². The monoisotopic (exact) mass is 284 g/mol. The number of Topliss-reactive ketones (excluding diaryl/α,β-unsaturated/α-hetero) is 1. The van der Waals surface area contributed by atoms with Gasteiger partial charge in [-0.15, -0.1) is 11.8 Å². The Labute approximate surface area is 123 Å². The molecule has 0 saturated heterocycles. The third kappa shape index (κ3) is 2.59. The molecular formula is C17H16O2S. The zero-order valence-electron chi connectivity index (χ0n) is 11.3. The number of ketones is 1. The van der Waals surface area contributed by atoms with Gasteiger partial charge in [0.2, 0.25) is 0 Å². The van der Waals surface area contributed by atoms with Gasteiger partial charge in [0.15, 0.2) is 0 Å². The molecule has 102 valence electrons. The lowest BCUT2D eigenvalue weighted by molar-refractivity contribution is -0.119. The standard InChI is InChI=1S/C17H16O2S/c1-19-13-6-4-5-12(9-13)10-16(18)15-11-20-17-8-3-2-7-14(15)17/h2-9,15H,10-11H2,1H3. The van der Waals surface area contributed by atoms with Gasteiger partial charge in [0.25, 0.3) is 0 Å². The van der Waals surface area contributed by atoms with Crippen LogP contribution in [0.5, 0.6) is 5.75 Å². The number of carbonyl (C=O) groups excluding carboxylic acids is 1. The van der Waals surface area contributed by atoms with E-state index in [4.69, 9.17) is 4.74 Å². The summed E-state index contributed by atoms with van der Waals surface area (Å²) in [5.41, 5.74) is 2.20. The lowest BCUT2D eigenvalue weighted by Crippen LogP contribution is -2.14. The van der Waals surface area contributed by atoms with Gasteiger partial charge < -0.3 is 4.74 Å². The summed E-state index contributed by atoms with van der Waals surface area (Å²) < 4.78 is 5.20. The number of rotatable bonds is 4. The summed E-state index contributed by atoms with van der Waals surface area (Å²) in [7, 11) is 1.64. The lowest BCUT2D eigenvalue weighted by Gasteiger charge is -2.10. The van der Waals surface area contributed by atoms with Crippen LogP contribution < -0.4 is 4.74 Å². The molecule has 1 heterocycles. The Morgan fingerprint density at radius 3 is 2.95 bits per heavy atom. The number of hydrogen-bond donors (Lipinski definition) is 0. The number of carbonyl (C=O) groups is 1. The van der Waals surface area contributed by atoms with Gasteiger partial charge >= 0.3 is 0 Å². The SMILES string of the molecule is COc1cccc(CC(=O)C2CSc3ccccc32)c1. The molecule has 1 aliphatic heterocycles. The van der Waals surface area contributed by atoms with Crippen molar-refractivity contribution < 1.29 is 9.53 Å². The molecule has 2 aromatic rings. The van der Waals surface area contributed by atoms with Crippen molar-refractivity contribution in [3.8, 4) is 5.75 Å². The van der Waals surface area contributed by atoms with Gasteiger partial charge in [-0.25, -0.2) is 0 Å². The lowest BCUT2D eigenvalue weighted by atomic mass is 9.93. The van der Waals surface area contributed by atoms with Gasteiger partial charge in [-0.1, -0.05) is 30.3 Å². The van der Waals surface area contributed by atoms with Gasteiger partial charge in [0, 0.05) is 17.1 Å². The highest BCUT2D eigenvalue weighted by Gasteiger charge is 2.28. The van der Waals surface area contributed by atoms with Crippen molar-refractivity contribution in [1.82, 2.24) is 0 Å². The Balaban J connectivity index is 1.77. The van der Waals surface area contributed by atoms with Crippen molar-refractivity contribution in [1.29, 1.82) is 0 Å². The summed E-state index contributed by atoms with van der Waals surface area (Å²) >= 11 is 1.78. The van der Waals surface area contributed by atoms with Crippen molar-refractivity contribution in [2.24, 2.45) is 0 Å². The average molecular weight is 284 g/mol. The van der Waals surface area contributed by atoms with Crippen LogP contribution in [0.2, 0.25) is 0 Å². The van der Waals surface area contributed by atoms with E-state index in [9.17, 15) is 4.79 Å². The molecule has 0 aromatic heterocycles. The van der Waals surface area contributed by atoms with E-state index in [1.165, 1.54) is 10.5 Å². The second-order valence-corrected chi connectivity index (χ2v) is 5.96. The number of benzene rings is 2. The molecule has 0 N–H and O–H groups in total. The minimum Gasteiger partial charge on any atom is -0.497 e. The first-order valence-corrected chi connectivity index (χ1v) is 7.64. The molecule has 0 bridgehead atoms. The van der Waals surface area contributed by atoms with Gasteiger partial charge in [-0.05, 0) is 29.3 Å². The molecule has 0 fully saturated rings. The number of thioether (sulfide) groups is 1. The number of methoxy groups -OCH3 is 1. The maximum atomic E-state index is 12.5. The Kier molecular flexibility index (Phi) is 3.79. The minimum atomic E-state index is 0.0300. The van der Waals surface area contributed by atoms with E-state index in [-0.39, 0.29) is 11.7 Å². The summed E-state index contributed by atoms with van der Waals surface area (Å²) in [6.45, 7) is 0. The van der Waals surface area contributed by atoms with Crippen molar-refractivity contribution in [3.63, 3.8) is 0 Å². The molecule has 0 radical (unpaired) electrons. The molecular weight excluding hydrogens is 268 g/mol. The highest BCUT2D eigenvalue weighted by atomic mass is 32.2. The summed E-state index contributed by atoms with van der Waals surface area (Å²) in [5, 5.41) is 0. The zero-order chi connectivity index (χ0) is 13.9. The predicted molar refractivity (Wildman–Crippen MR) is 81.6 cm³/mol. The van der Waals surface area contributed by atoms with E-state index < -0.39 is 0 Å². The summed E-state index contributed by atoms with van der Waals surface area (Å²) in [6, 6.07) is 16.0. The molecule has 1 atom stereocenters. The molecule has 1 unspecified atom stereocenters. The van der Waals surface area contributed by atoms with Gasteiger partial charge in [-0.2, -0.15) is 0 Å². The average Bonchev–Trinajstić information content (AvgIpc) is 2.91. The van der Waals surface area contributed by atoms with Gasteiger partial charge in [0.1, 0.15) is 11.5 Å². The Morgan fingerprint density at radius 2 is 2.10 bits per heavy atom. The molecule has 20 heavy (non-hydrogen) atoms. The molecule has 0 aliphatic carbocycles. The van der Waals surface area contributed by atoms with Gasteiger partial charge in [-0.3, -0.25) is 4.79 Å². The molecule has 3 heteroatoms. The van der Waals surface area contributed by atoms with Crippen LogP contribution in [0, 0.1) is 0 Å². The topological polar surface area (TPSA) is 26.3 Å². The van der Waals surface area contributed by atoms with Crippen LogP contribution in [-0.2, 0) is 11.2 Å². The third-order valence-corrected chi connectivity index (χ3v) is 4.78. The van der Waals surface area contributed by atoms with Crippen molar-refractivity contribution >= 4 is 17.5 Å². The van der Waals surface area contributed by atoms with Crippen LogP contribution in [-0.4, -0.2) is 18.6 Å². The first-order valence-electron chi connectivity index (χ1n) is 6.65. The quantitative estimate of drug-likeness (QED) is 0.856. The predicted octanol–water partition coefficient (Wildman–Crippen LogP) is 3.70.